The summed E-state index contributed by atoms with van der Waals surface area (Å²) in [6, 6.07) is 0.499. The summed E-state index contributed by atoms with van der Waals surface area (Å²) in [4.78, 5) is 14.6. The fourth-order valence-corrected chi connectivity index (χ4v) is 3.96. The van der Waals surface area contributed by atoms with Gasteiger partial charge in [0.2, 0.25) is 5.91 Å². The second-order valence-corrected chi connectivity index (χ2v) is 6.67. The van der Waals surface area contributed by atoms with Crippen molar-refractivity contribution in [2.24, 2.45) is 5.92 Å². The van der Waals surface area contributed by atoms with Gasteiger partial charge in [-0.1, -0.05) is 6.92 Å². The molecule has 2 heterocycles. The van der Waals surface area contributed by atoms with Crippen molar-refractivity contribution in [3.8, 4) is 0 Å². The van der Waals surface area contributed by atoms with E-state index in [0.717, 1.165) is 38.2 Å². The van der Waals surface area contributed by atoms with Crippen molar-refractivity contribution >= 4 is 30.1 Å². The van der Waals surface area contributed by atoms with Gasteiger partial charge >= 0.3 is 0 Å². The van der Waals surface area contributed by atoms with E-state index in [2.05, 4.69) is 24.1 Å². The Morgan fingerprint density at radius 1 is 1.50 bits per heavy atom. The molecule has 5 heteroatoms. The van der Waals surface area contributed by atoms with Crippen LogP contribution in [-0.2, 0) is 4.79 Å². The van der Waals surface area contributed by atoms with Crippen molar-refractivity contribution in [3.05, 3.63) is 0 Å². The smallest absolute Gasteiger partial charge is 0.225 e. The maximum atomic E-state index is 12.4. The fourth-order valence-electron chi connectivity index (χ4n) is 2.78. The third-order valence-corrected chi connectivity index (χ3v) is 5.25. The molecule has 1 unspecified atom stereocenters. The van der Waals surface area contributed by atoms with Crippen molar-refractivity contribution in [3.63, 3.8) is 0 Å². The number of piperidine rings is 1. The number of amides is 1. The van der Waals surface area contributed by atoms with Gasteiger partial charge < -0.3 is 10.2 Å². The summed E-state index contributed by atoms with van der Waals surface area (Å²) in [5.41, 5.74) is 0. The first kappa shape index (κ1) is 16.1. The first-order valence-electron chi connectivity index (χ1n) is 6.84. The van der Waals surface area contributed by atoms with Crippen LogP contribution in [0.2, 0.25) is 0 Å². The predicted molar refractivity (Wildman–Crippen MR) is 80.6 cm³/mol. The lowest BCUT2D eigenvalue weighted by atomic mass is 9.92. The van der Waals surface area contributed by atoms with Crippen LogP contribution in [0.5, 0.6) is 0 Å². The number of hydrogen-bond donors (Lipinski definition) is 1. The molecular weight excluding hydrogens is 268 g/mol. The number of hydrogen-bond acceptors (Lipinski definition) is 3. The molecule has 0 saturated carbocycles. The molecule has 3 nitrogen and oxygen atoms in total. The highest BCUT2D eigenvalue weighted by Crippen LogP contribution is 2.25. The van der Waals surface area contributed by atoms with Gasteiger partial charge in [0, 0.05) is 36.1 Å². The SMILES string of the molecule is CCC1CN(C(=O)[C@H]2CCN[C@@H](C)C2)CCS1.Cl. The van der Waals surface area contributed by atoms with Crippen molar-refractivity contribution in [1.29, 1.82) is 0 Å². The zero-order chi connectivity index (χ0) is 12.3. The van der Waals surface area contributed by atoms with E-state index in [0.29, 0.717) is 17.2 Å². The number of nitrogens with one attached hydrogen (secondary N) is 1. The number of carbonyl (C=O) groups is 1. The average Bonchev–Trinajstić information content (AvgIpc) is 2.38. The molecule has 106 valence electrons. The lowest BCUT2D eigenvalue weighted by Gasteiger charge is -2.36. The van der Waals surface area contributed by atoms with Gasteiger partial charge in [0.15, 0.2) is 0 Å². The Kier molecular flexibility index (Phi) is 6.82. The first-order valence-corrected chi connectivity index (χ1v) is 7.89. The fraction of sp³-hybridized carbons (Fsp3) is 0.923. The van der Waals surface area contributed by atoms with Crippen LogP contribution >= 0.6 is 24.2 Å². The average molecular weight is 293 g/mol. The number of halogens is 1. The molecule has 2 aliphatic heterocycles. The van der Waals surface area contributed by atoms with Gasteiger partial charge in [-0.05, 0) is 32.7 Å². The monoisotopic (exact) mass is 292 g/mol. The zero-order valence-electron chi connectivity index (χ0n) is 11.4. The van der Waals surface area contributed by atoms with Crippen molar-refractivity contribution < 1.29 is 4.79 Å². The van der Waals surface area contributed by atoms with E-state index < -0.39 is 0 Å². The molecule has 3 atom stereocenters. The summed E-state index contributed by atoms with van der Waals surface area (Å²) in [5, 5.41) is 4.07. The predicted octanol–water partition coefficient (Wildman–Crippen LogP) is 2.15. The molecule has 1 N–H and O–H groups in total. The molecule has 2 rings (SSSR count). The molecule has 0 aromatic rings. The molecule has 1 amide bonds. The van der Waals surface area contributed by atoms with Gasteiger partial charge in [-0.15, -0.1) is 12.4 Å². The molecule has 0 aliphatic carbocycles. The Morgan fingerprint density at radius 3 is 2.94 bits per heavy atom. The number of nitrogens with zero attached hydrogens (tertiary/aromatic N) is 1. The van der Waals surface area contributed by atoms with Gasteiger partial charge in [-0.3, -0.25) is 4.79 Å². The minimum absolute atomic E-state index is 0. The Hall–Kier alpha value is 0.0700. The highest BCUT2D eigenvalue weighted by atomic mass is 35.5. The molecule has 18 heavy (non-hydrogen) atoms. The molecule has 0 spiro atoms. The van der Waals surface area contributed by atoms with E-state index in [4.69, 9.17) is 0 Å². The first-order chi connectivity index (χ1) is 8.20. The van der Waals surface area contributed by atoms with Crippen molar-refractivity contribution in [1.82, 2.24) is 10.2 Å². The van der Waals surface area contributed by atoms with Crippen LogP contribution in [0.4, 0.5) is 0 Å². The zero-order valence-corrected chi connectivity index (χ0v) is 13.0. The Balaban J connectivity index is 0.00000162. The summed E-state index contributed by atoms with van der Waals surface area (Å²) in [7, 11) is 0. The molecule has 2 fully saturated rings. The van der Waals surface area contributed by atoms with Gasteiger partial charge in [-0.2, -0.15) is 11.8 Å². The van der Waals surface area contributed by atoms with Crippen molar-refractivity contribution in [2.75, 3.05) is 25.4 Å². The van der Waals surface area contributed by atoms with E-state index in [1.807, 2.05) is 11.8 Å². The molecule has 0 radical (unpaired) electrons. The van der Waals surface area contributed by atoms with Crippen LogP contribution in [-0.4, -0.2) is 47.5 Å². The van der Waals surface area contributed by atoms with E-state index in [1.54, 1.807) is 0 Å². The summed E-state index contributed by atoms with van der Waals surface area (Å²) < 4.78 is 0. The summed E-state index contributed by atoms with van der Waals surface area (Å²) in [6.07, 6.45) is 3.21. The lowest BCUT2D eigenvalue weighted by molar-refractivity contribution is -0.136. The standard InChI is InChI=1S/C13H24N2OS.ClH/c1-3-12-9-15(6-7-17-12)13(16)11-4-5-14-10(2)8-11;/h10-12,14H,3-9H2,1-2H3;1H/t10-,11-,12?;/m0./s1. The van der Waals surface area contributed by atoms with Crippen molar-refractivity contribution in [2.45, 2.75) is 44.4 Å². The molecule has 0 aromatic carbocycles. The van der Waals surface area contributed by atoms with Crippen LogP contribution in [0.25, 0.3) is 0 Å². The molecular formula is C13H25ClN2OS. The second-order valence-electron chi connectivity index (χ2n) is 5.26. The van der Waals surface area contributed by atoms with Crippen LogP contribution in [0, 0.1) is 5.92 Å². The quantitative estimate of drug-likeness (QED) is 0.846. The Morgan fingerprint density at radius 2 is 2.28 bits per heavy atom. The van der Waals surface area contributed by atoms with E-state index in [9.17, 15) is 4.79 Å². The van der Waals surface area contributed by atoms with Gasteiger partial charge in [-0.25, -0.2) is 0 Å². The van der Waals surface area contributed by atoms with Gasteiger partial charge in [0.25, 0.3) is 0 Å². The number of carbonyl (C=O) groups excluding carboxylic acids is 1. The van der Waals surface area contributed by atoms with E-state index in [-0.39, 0.29) is 18.3 Å². The highest BCUT2D eigenvalue weighted by molar-refractivity contribution is 8.00. The van der Waals surface area contributed by atoms with E-state index in [1.165, 1.54) is 6.42 Å². The molecule has 0 bridgehead atoms. The van der Waals surface area contributed by atoms with Gasteiger partial charge in [0.05, 0.1) is 0 Å². The Labute approximate surface area is 121 Å². The van der Waals surface area contributed by atoms with Crippen LogP contribution in [0.3, 0.4) is 0 Å². The van der Waals surface area contributed by atoms with Crippen LogP contribution < -0.4 is 5.32 Å². The Bertz CT molecular complexity index is 278. The molecule has 2 saturated heterocycles. The van der Waals surface area contributed by atoms with Crippen LogP contribution in [0.1, 0.15) is 33.1 Å². The normalized spacial score (nSPS) is 32.8. The number of thioether (sulfide) groups is 1. The summed E-state index contributed by atoms with van der Waals surface area (Å²) in [6.45, 7) is 7.33. The lowest BCUT2D eigenvalue weighted by Crippen LogP contribution is -2.48. The second kappa shape index (κ2) is 7.61. The highest BCUT2D eigenvalue weighted by Gasteiger charge is 2.31. The minimum atomic E-state index is 0. The van der Waals surface area contributed by atoms with Crippen LogP contribution in [0.15, 0.2) is 0 Å². The van der Waals surface area contributed by atoms with E-state index >= 15 is 0 Å². The third kappa shape index (κ3) is 4.04. The molecule has 2 aliphatic rings. The summed E-state index contributed by atoms with van der Waals surface area (Å²) >= 11 is 2.03. The van der Waals surface area contributed by atoms with Gasteiger partial charge in [0.1, 0.15) is 0 Å². The summed E-state index contributed by atoms with van der Waals surface area (Å²) in [5.74, 6) is 1.80. The number of rotatable bonds is 2. The maximum Gasteiger partial charge on any atom is 0.225 e. The molecule has 0 aromatic heterocycles. The maximum absolute atomic E-state index is 12.4. The topological polar surface area (TPSA) is 32.3 Å². The minimum Gasteiger partial charge on any atom is -0.341 e. The largest absolute Gasteiger partial charge is 0.341 e. The third-order valence-electron chi connectivity index (χ3n) is 3.88.